The molecule has 0 aliphatic carbocycles. The standard InChI is InChI=1S/C24H27NO6/c1-17(2)11-14-29-20-9-6-10-21-22(20)23(27)18(16-30-21)15-25(12-13-26)24(28)31-19-7-4-3-5-8-19/h3-10,16-17,26H,11-15H2,1-2H3. The predicted molar refractivity (Wildman–Crippen MR) is 117 cm³/mol. The molecule has 3 aromatic rings. The minimum absolute atomic E-state index is 0.00960. The zero-order chi connectivity index (χ0) is 22.2. The summed E-state index contributed by atoms with van der Waals surface area (Å²) in [5.74, 6) is 1.31. The minimum Gasteiger partial charge on any atom is -0.493 e. The molecule has 31 heavy (non-hydrogen) atoms. The lowest BCUT2D eigenvalue weighted by molar-refractivity contribution is 0.135. The van der Waals surface area contributed by atoms with Crippen molar-refractivity contribution >= 4 is 17.1 Å². The molecule has 1 aromatic heterocycles. The van der Waals surface area contributed by atoms with E-state index in [1.54, 1.807) is 42.5 Å². The van der Waals surface area contributed by atoms with Gasteiger partial charge in [0.15, 0.2) is 0 Å². The second-order valence-electron chi connectivity index (χ2n) is 7.58. The highest BCUT2D eigenvalue weighted by Gasteiger charge is 2.20. The topological polar surface area (TPSA) is 89.2 Å². The van der Waals surface area contributed by atoms with E-state index in [1.807, 2.05) is 6.07 Å². The zero-order valence-electron chi connectivity index (χ0n) is 17.7. The van der Waals surface area contributed by atoms with Crippen LogP contribution >= 0.6 is 0 Å². The third kappa shape index (κ3) is 5.86. The molecule has 7 nitrogen and oxygen atoms in total. The highest BCUT2D eigenvalue weighted by Crippen LogP contribution is 2.24. The summed E-state index contributed by atoms with van der Waals surface area (Å²) in [4.78, 5) is 27.0. The van der Waals surface area contributed by atoms with Crippen molar-refractivity contribution in [2.75, 3.05) is 19.8 Å². The van der Waals surface area contributed by atoms with Crippen molar-refractivity contribution in [2.24, 2.45) is 5.92 Å². The number of hydrogen-bond donors (Lipinski definition) is 1. The number of fused-ring (bicyclic) bond motifs is 1. The molecule has 2 aromatic carbocycles. The van der Waals surface area contributed by atoms with Gasteiger partial charge in [0, 0.05) is 6.54 Å². The fraction of sp³-hybridized carbons (Fsp3) is 0.333. The van der Waals surface area contributed by atoms with E-state index in [0.717, 1.165) is 6.42 Å². The van der Waals surface area contributed by atoms with Gasteiger partial charge in [-0.3, -0.25) is 4.79 Å². The summed E-state index contributed by atoms with van der Waals surface area (Å²) in [5, 5.41) is 9.72. The van der Waals surface area contributed by atoms with Gasteiger partial charge in [-0.1, -0.05) is 38.1 Å². The molecule has 0 saturated heterocycles. The molecule has 7 heteroatoms. The van der Waals surface area contributed by atoms with Crippen LogP contribution in [0.2, 0.25) is 0 Å². The van der Waals surface area contributed by atoms with E-state index in [9.17, 15) is 14.7 Å². The Kier molecular flexibility index (Phi) is 7.67. The highest BCUT2D eigenvalue weighted by molar-refractivity contribution is 5.83. The van der Waals surface area contributed by atoms with Crippen molar-refractivity contribution in [3.05, 3.63) is 70.6 Å². The van der Waals surface area contributed by atoms with Crippen LogP contribution in [0.15, 0.2) is 64.0 Å². The Bertz CT molecular complexity index is 1060. The van der Waals surface area contributed by atoms with E-state index in [1.165, 1.54) is 11.2 Å². The first-order chi connectivity index (χ1) is 15.0. The third-order valence-corrected chi connectivity index (χ3v) is 4.73. The smallest absolute Gasteiger partial charge is 0.415 e. The Morgan fingerprint density at radius 3 is 2.61 bits per heavy atom. The lowest BCUT2D eigenvalue weighted by Gasteiger charge is -2.21. The van der Waals surface area contributed by atoms with Gasteiger partial charge < -0.3 is 23.9 Å². The lowest BCUT2D eigenvalue weighted by Crippen LogP contribution is -2.36. The molecule has 0 aliphatic heterocycles. The molecule has 0 spiro atoms. The number of hydrogen-bond acceptors (Lipinski definition) is 6. The van der Waals surface area contributed by atoms with Crippen LogP contribution < -0.4 is 14.9 Å². The van der Waals surface area contributed by atoms with Crippen molar-refractivity contribution in [2.45, 2.75) is 26.8 Å². The van der Waals surface area contributed by atoms with Crippen molar-refractivity contribution in [3.63, 3.8) is 0 Å². The summed E-state index contributed by atoms with van der Waals surface area (Å²) in [7, 11) is 0. The minimum atomic E-state index is -0.666. The Hall–Kier alpha value is -3.32. The van der Waals surface area contributed by atoms with Gasteiger partial charge in [0.2, 0.25) is 5.43 Å². The molecular weight excluding hydrogens is 398 g/mol. The molecule has 0 saturated carbocycles. The van der Waals surface area contributed by atoms with Gasteiger partial charge in [-0.25, -0.2) is 4.79 Å². The molecule has 0 unspecified atom stereocenters. The number of ether oxygens (including phenoxy) is 2. The molecule has 1 heterocycles. The first-order valence-electron chi connectivity index (χ1n) is 10.3. The van der Waals surface area contributed by atoms with Gasteiger partial charge >= 0.3 is 6.09 Å². The van der Waals surface area contributed by atoms with E-state index in [-0.39, 0.29) is 30.7 Å². The van der Waals surface area contributed by atoms with Crippen molar-refractivity contribution in [1.29, 1.82) is 0 Å². The van der Waals surface area contributed by atoms with Crippen LogP contribution in [0, 0.1) is 5.92 Å². The summed E-state index contributed by atoms with van der Waals surface area (Å²) in [6.07, 6.45) is 1.53. The maximum atomic E-state index is 13.2. The number of amides is 1. The molecule has 0 fully saturated rings. The summed E-state index contributed by atoms with van der Waals surface area (Å²) in [5.41, 5.74) is 0.402. The van der Waals surface area contributed by atoms with Crippen LogP contribution in [0.4, 0.5) is 4.79 Å². The molecule has 0 aliphatic rings. The molecule has 0 bridgehead atoms. The maximum absolute atomic E-state index is 13.2. The number of para-hydroxylation sites is 1. The molecule has 1 N–H and O–H groups in total. The highest BCUT2D eigenvalue weighted by atomic mass is 16.6. The SMILES string of the molecule is CC(C)CCOc1cccc2occ(CN(CCO)C(=O)Oc3ccccc3)c(=O)c12. The van der Waals surface area contributed by atoms with Crippen molar-refractivity contribution < 1.29 is 23.8 Å². The van der Waals surface area contributed by atoms with Gasteiger partial charge in [0.05, 0.1) is 31.6 Å². The quantitative estimate of drug-likeness (QED) is 0.552. The van der Waals surface area contributed by atoms with Gasteiger partial charge in [-0.05, 0) is 36.6 Å². The summed E-state index contributed by atoms with van der Waals surface area (Å²) < 4.78 is 16.8. The van der Waals surface area contributed by atoms with Crippen LogP contribution in [0.5, 0.6) is 11.5 Å². The number of aliphatic hydroxyl groups is 1. The number of carbonyl (C=O) groups is 1. The second kappa shape index (κ2) is 10.6. The molecule has 1 amide bonds. The fourth-order valence-corrected chi connectivity index (χ4v) is 3.03. The molecule has 0 radical (unpaired) electrons. The Balaban J connectivity index is 1.85. The monoisotopic (exact) mass is 425 g/mol. The third-order valence-electron chi connectivity index (χ3n) is 4.73. The number of carbonyl (C=O) groups excluding carboxylic acids is 1. The summed E-state index contributed by atoms with van der Waals surface area (Å²) in [6.45, 7) is 4.36. The van der Waals surface area contributed by atoms with Gasteiger partial charge in [-0.15, -0.1) is 0 Å². The van der Waals surface area contributed by atoms with Crippen LogP contribution in [0.3, 0.4) is 0 Å². The van der Waals surface area contributed by atoms with E-state index in [4.69, 9.17) is 13.9 Å². The van der Waals surface area contributed by atoms with Crippen molar-refractivity contribution in [3.8, 4) is 11.5 Å². The van der Waals surface area contributed by atoms with Crippen LogP contribution in [0.25, 0.3) is 11.0 Å². The summed E-state index contributed by atoms with van der Waals surface area (Å²) in [6, 6.07) is 13.8. The normalized spacial score (nSPS) is 11.0. The fourth-order valence-electron chi connectivity index (χ4n) is 3.03. The number of aliphatic hydroxyl groups excluding tert-OH is 1. The average Bonchev–Trinajstić information content (AvgIpc) is 2.75. The predicted octanol–water partition coefficient (Wildman–Crippen LogP) is 4.21. The first kappa shape index (κ1) is 22.4. The second-order valence-corrected chi connectivity index (χ2v) is 7.58. The van der Waals surface area contributed by atoms with Gasteiger partial charge in [-0.2, -0.15) is 0 Å². The largest absolute Gasteiger partial charge is 0.493 e. The van der Waals surface area contributed by atoms with Crippen molar-refractivity contribution in [1.82, 2.24) is 4.90 Å². The zero-order valence-corrected chi connectivity index (χ0v) is 17.7. The van der Waals surface area contributed by atoms with Crippen LogP contribution in [-0.2, 0) is 6.54 Å². The molecule has 164 valence electrons. The Morgan fingerprint density at radius 2 is 1.90 bits per heavy atom. The van der Waals surface area contributed by atoms with E-state index in [0.29, 0.717) is 35.0 Å². The van der Waals surface area contributed by atoms with E-state index < -0.39 is 6.09 Å². The number of rotatable bonds is 9. The van der Waals surface area contributed by atoms with E-state index in [2.05, 4.69) is 13.8 Å². The molecular formula is C24H27NO6. The van der Waals surface area contributed by atoms with Gasteiger partial charge in [0.1, 0.15) is 22.5 Å². The Labute approximate surface area is 180 Å². The number of benzene rings is 2. The summed E-state index contributed by atoms with van der Waals surface area (Å²) >= 11 is 0. The Morgan fingerprint density at radius 1 is 1.13 bits per heavy atom. The number of nitrogens with zero attached hydrogens (tertiary/aromatic N) is 1. The van der Waals surface area contributed by atoms with E-state index >= 15 is 0 Å². The lowest BCUT2D eigenvalue weighted by atomic mass is 10.1. The molecule has 3 rings (SSSR count). The molecule has 0 atom stereocenters. The van der Waals surface area contributed by atoms with Crippen LogP contribution in [-0.4, -0.2) is 35.9 Å². The maximum Gasteiger partial charge on any atom is 0.415 e. The van der Waals surface area contributed by atoms with Crippen LogP contribution in [0.1, 0.15) is 25.8 Å². The average molecular weight is 425 g/mol. The van der Waals surface area contributed by atoms with Gasteiger partial charge in [0.25, 0.3) is 0 Å². The first-order valence-corrected chi connectivity index (χ1v) is 10.3.